The minimum absolute atomic E-state index is 0.122. The fraction of sp³-hybridized carbons (Fsp3) is 0.167. The maximum atomic E-state index is 12.7. The van der Waals surface area contributed by atoms with Gasteiger partial charge < -0.3 is 15.5 Å². The second kappa shape index (κ2) is 6.65. The van der Waals surface area contributed by atoms with Gasteiger partial charge in [0.05, 0.1) is 40.4 Å². The fourth-order valence-electron chi connectivity index (χ4n) is 3.16. The normalized spacial score (nSPS) is 14.5. The van der Waals surface area contributed by atoms with Gasteiger partial charge in [-0.05, 0) is 36.4 Å². The van der Waals surface area contributed by atoms with Crippen molar-refractivity contribution in [1.29, 1.82) is 0 Å². The van der Waals surface area contributed by atoms with E-state index in [1.807, 2.05) is 0 Å². The average molecular weight is 406 g/mol. The van der Waals surface area contributed by atoms with Crippen molar-refractivity contribution in [1.82, 2.24) is 4.98 Å². The van der Waals surface area contributed by atoms with Gasteiger partial charge in [0.15, 0.2) is 0 Å². The Morgan fingerprint density at radius 3 is 2.67 bits per heavy atom. The molecule has 140 valence electrons. The van der Waals surface area contributed by atoms with E-state index in [4.69, 9.17) is 11.6 Å². The molecule has 1 aliphatic heterocycles. The van der Waals surface area contributed by atoms with Crippen LogP contribution in [0.3, 0.4) is 0 Å². The van der Waals surface area contributed by atoms with E-state index in [-0.39, 0.29) is 18.1 Å². The van der Waals surface area contributed by atoms with Crippen molar-refractivity contribution in [3.05, 3.63) is 47.6 Å². The lowest BCUT2D eigenvalue weighted by Crippen LogP contribution is -2.27. The van der Waals surface area contributed by atoms with Gasteiger partial charge in [-0.3, -0.25) is 9.71 Å². The average Bonchev–Trinajstić information content (AvgIpc) is 2.67. The summed E-state index contributed by atoms with van der Waals surface area (Å²) in [6.45, 7) is -0.519. The zero-order chi connectivity index (χ0) is 19.2. The molecule has 0 spiro atoms. The molecule has 2 aromatic carbocycles. The number of rotatable bonds is 4. The van der Waals surface area contributed by atoms with E-state index < -0.39 is 16.1 Å². The lowest BCUT2D eigenvalue weighted by atomic mass is 10.00. The van der Waals surface area contributed by atoms with E-state index in [2.05, 4.69) is 15.0 Å². The van der Waals surface area contributed by atoms with Crippen LogP contribution in [0.5, 0.6) is 0 Å². The number of aliphatic hydroxyl groups is 2. The molecule has 1 aliphatic rings. The predicted octanol–water partition coefficient (Wildman–Crippen LogP) is 2.43. The van der Waals surface area contributed by atoms with Crippen molar-refractivity contribution < 1.29 is 18.6 Å². The van der Waals surface area contributed by atoms with Crippen LogP contribution in [0, 0.1) is 0 Å². The van der Waals surface area contributed by atoms with Gasteiger partial charge in [-0.25, -0.2) is 8.42 Å². The molecule has 9 heteroatoms. The van der Waals surface area contributed by atoms with Crippen LogP contribution in [-0.4, -0.2) is 42.9 Å². The Bertz CT molecular complexity index is 1150. The molecular formula is C18H16ClN3O4S. The number of nitrogens with one attached hydrogen (secondary N) is 2. The molecule has 7 nitrogen and oxygen atoms in total. The molecule has 4 N–H and O–H groups in total. The quantitative estimate of drug-likeness (QED) is 0.530. The highest BCUT2D eigenvalue weighted by atomic mass is 35.5. The second-order valence-corrected chi connectivity index (χ2v) is 8.26. The van der Waals surface area contributed by atoms with E-state index in [1.54, 1.807) is 36.5 Å². The van der Waals surface area contributed by atoms with Crippen molar-refractivity contribution in [2.45, 2.75) is 10.9 Å². The van der Waals surface area contributed by atoms with E-state index in [9.17, 15) is 18.6 Å². The van der Waals surface area contributed by atoms with Gasteiger partial charge in [0.25, 0.3) is 10.0 Å². The Hall–Kier alpha value is -2.39. The maximum absolute atomic E-state index is 12.7. The van der Waals surface area contributed by atoms with E-state index >= 15 is 0 Å². The highest BCUT2D eigenvalue weighted by molar-refractivity contribution is 7.93. The molecule has 0 amide bonds. The summed E-state index contributed by atoms with van der Waals surface area (Å²) in [7, 11) is -3.78. The monoisotopic (exact) mass is 405 g/mol. The number of hydrogen-bond acceptors (Lipinski definition) is 6. The summed E-state index contributed by atoms with van der Waals surface area (Å²) in [6, 6.07) is 9.39. The second-order valence-electron chi connectivity index (χ2n) is 6.20. The summed E-state index contributed by atoms with van der Waals surface area (Å²) < 4.78 is 28.1. The number of halogens is 1. The van der Waals surface area contributed by atoms with Gasteiger partial charge >= 0.3 is 0 Å². The lowest BCUT2D eigenvalue weighted by Gasteiger charge is -2.24. The Kier molecular flexibility index (Phi) is 4.43. The molecule has 4 rings (SSSR count). The molecule has 1 aromatic heterocycles. The van der Waals surface area contributed by atoms with Gasteiger partial charge in [0.2, 0.25) is 0 Å². The SMILES string of the molecule is O=S1(=O)Nc2c(cc(Cl)c3cccnc23)-c2cc(NC(CO)CO)ccc21. The number of fused-ring (bicyclic) bond motifs is 5. The number of hydrogen-bond donors (Lipinski definition) is 4. The molecule has 0 saturated carbocycles. The van der Waals surface area contributed by atoms with E-state index in [0.717, 1.165) is 0 Å². The van der Waals surface area contributed by atoms with Crippen LogP contribution in [-0.2, 0) is 10.0 Å². The highest BCUT2D eigenvalue weighted by Gasteiger charge is 2.30. The van der Waals surface area contributed by atoms with Crippen LogP contribution in [0.2, 0.25) is 5.02 Å². The molecule has 2 heterocycles. The number of aromatic nitrogens is 1. The van der Waals surface area contributed by atoms with E-state index in [1.165, 1.54) is 6.07 Å². The Morgan fingerprint density at radius 2 is 1.93 bits per heavy atom. The molecule has 0 atom stereocenters. The zero-order valence-electron chi connectivity index (χ0n) is 14.0. The topological polar surface area (TPSA) is 112 Å². The first kappa shape index (κ1) is 18.0. The zero-order valence-corrected chi connectivity index (χ0v) is 15.5. The minimum Gasteiger partial charge on any atom is -0.394 e. The van der Waals surface area contributed by atoms with Crippen LogP contribution >= 0.6 is 11.6 Å². The van der Waals surface area contributed by atoms with Crippen LogP contribution < -0.4 is 10.0 Å². The first-order valence-corrected chi connectivity index (χ1v) is 10.0. The maximum Gasteiger partial charge on any atom is 0.262 e. The number of anilines is 2. The third-order valence-corrected chi connectivity index (χ3v) is 6.17. The molecule has 0 aliphatic carbocycles. The molecule has 0 saturated heterocycles. The summed E-state index contributed by atoms with van der Waals surface area (Å²) in [5.74, 6) is 0. The summed E-state index contributed by atoms with van der Waals surface area (Å²) >= 11 is 6.40. The van der Waals surface area contributed by atoms with Crippen LogP contribution in [0.4, 0.5) is 11.4 Å². The molecule has 0 fully saturated rings. The van der Waals surface area contributed by atoms with Crippen LogP contribution in [0.15, 0.2) is 47.5 Å². The first-order chi connectivity index (χ1) is 12.9. The smallest absolute Gasteiger partial charge is 0.262 e. The molecule has 3 aromatic rings. The third kappa shape index (κ3) is 3.00. The van der Waals surface area contributed by atoms with Gasteiger partial charge in [-0.1, -0.05) is 11.6 Å². The van der Waals surface area contributed by atoms with Crippen LogP contribution in [0.1, 0.15) is 0 Å². The number of benzene rings is 2. The van der Waals surface area contributed by atoms with Crippen LogP contribution in [0.25, 0.3) is 22.0 Å². The molecule has 0 bridgehead atoms. The predicted molar refractivity (Wildman–Crippen MR) is 105 cm³/mol. The summed E-state index contributed by atoms with van der Waals surface area (Å²) in [5, 5.41) is 22.6. The highest BCUT2D eigenvalue weighted by Crippen LogP contribution is 2.45. The lowest BCUT2D eigenvalue weighted by molar-refractivity contribution is 0.204. The summed E-state index contributed by atoms with van der Waals surface area (Å²) in [6.07, 6.45) is 1.58. The van der Waals surface area contributed by atoms with Crippen molar-refractivity contribution in [2.24, 2.45) is 0 Å². The minimum atomic E-state index is -3.78. The molecule has 0 radical (unpaired) electrons. The Morgan fingerprint density at radius 1 is 1.15 bits per heavy atom. The third-order valence-electron chi connectivity index (χ3n) is 4.45. The number of pyridine rings is 1. The molecule has 27 heavy (non-hydrogen) atoms. The Balaban J connectivity index is 1.96. The van der Waals surface area contributed by atoms with Gasteiger partial charge in [0, 0.05) is 28.4 Å². The molecule has 0 unspecified atom stereocenters. The van der Waals surface area contributed by atoms with Crippen molar-refractivity contribution in [2.75, 3.05) is 23.3 Å². The van der Waals surface area contributed by atoms with Gasteiger partial charge in [-0.2, -0.15) is 0 Å². The molecular weight excluding hydrogens is 390 g/mol. The fourth-order valence-corrected chi connectivity index (χ4v) is 4.71. The number of nitrogens with zero attached hydrogens (tertiary/aromatic N) is 1. The number of sulfonamides is 1. The first-order valence-electron chi connectivity index (χ1n) is 8.17. The van der Waals surface area contributed by atoms with E-state index in [0.29, 0.717) is 38.4 Å². The summed E-state index contributed by atoms with van der Waals surface area (Å²) in [5.41, 5.74) is 2.50. The van der Waals surface area contributed by atoms with Crippen molar-refractivity contribution in [3.63, 3.8) is 0 Å². The van der Waals surface area contributed by atoms with Gasteiger partial charge in [-0.15, -0.1) is 0 Å². The largest absolute Gasteiger partial charge is 0.394 e. The Labute approximate surface area is 160 Å². The standard InChI is InChI=1S/C18H16ClN3O4S/c19-15-7-14-13-6-10(21-11(8-23)9-24)3-4-16(13)27(25,26)22-18(14)17-12(15)2-1-5-20-17/h1-7,11,21-24H,8-9H2. The van der Waals surface area contributed by atoms with Gasteiger partial charge in [0.1, 0.15) is 0 Å². The summed E-state index contributed by atoms with van der Waals surface area (Å²) in [4.78, 5) is 4.42. The van der Waals surface area contributed by atoms with Crippen molar-refractivity contribution >= 4 is 43.9 Å². The number of aliphatic hydroxyl groups excluding tert-OH is 2. The van der Waals surface area contributed by atoms with Crippen molar-refractivity contribution in [3.8, 4) is 11.1 Å².